The fourth-order valence-electron chi connectivity index (χ4n) is 2.38. The molecule has 0 amide bonds. The number of halogens is 1. The van der Waals surface area contributed by atoms with Gasteiger partial charge in [-0.15, -0.1) is 0 Å². The van der Waals surface area contributed by atoms with E-state index in [1.165, 1.54) is 5.56 Å². The number of nitrogens with zero attached hydrogens (tertiary/aromatic N) is 1. The van der Waals surface area contributed by atoms with Crippen molar-refractivity contribution in [2.24, 2.45) is 4.99 Å². The molecule has 2 aromatic carbocycles. The average Bonchev–Trinajstić information content (AvgIpc) is 2.90. The van der Waals surface area contributed by atoms with Gasteiger partial charge in [0.2, 0.25) is 5.90 Å². The number of aliphatic imine (C=N–C) groups is 1. The number of rotatable bonds is 2. The van der Waals surface area contributed by atoms with E-state index in [9.17, 15) is 4.79 Å². The average molecular weight is 340 g/mol. The Labute approximate surface area is 146 Å². The molecule has 0 saturated heterocycles. The molecular weight excluding hydrogens is 322 g/mol. The van der Waals surface area contributed by atoms with Gasteiger partial charge in [0.05, 0.1) is 0 Å². The van der Waals surface area contributed by atoms with Crippen LogP contribution in [0.4, 0.5) is 0 Å². The number of hydrogen-bond acceptors (Lipinski definition) is 3. The molecular formula is C20H18ClNO2. The molecule has 0 atom stereocenters. The van der Waals surface area contributed by atoms with Crippen molar-refractivity contribution in [3.05, 3.63) is 75.9 Å². The topological polar surface area (TPSA) is 38.7 Å². The van der Waals surface area contributed by atoms with Crippen molar-refractivity contribution in [1.82, 2.24) is 0 Å². The highest BCUT2D eigenvalue weighted by atomic mass is 35.5. The fraction of sp³-hybridized carbons (Fsp3) is 0.200. The number of carbonyl (C=O) groups excluding carboxylic acids is 1. The van der Waals surface area contributed by atoms with Gasteiger partial charge in [-0.05, 0) is 40.8 Å². The minimum atomic E-state index is -0.468. The minimum absolute atomic E-state index is 0.0712. The van der Waals surface area contributed by atoms with Crippen LogP contribution in [0.2, 0.25) is 5.02 Å². The van der Waals surface area contributed by atoms with Gasteiger partial charge in [0.1, 0.15) is 0 Å². The third-order valence-electron chi connectivity index (χ3n) is 3.82. The van der Waals surface area contributed by atoms with Gasteiger partial charge in [0, 0.05) is 10.6 Å². The normalized spacial score (nSPS) is 16.2. The number of carbonyl (C=O) groups is 1. The third kappa shape index (κ3) is 3.41. The summed E-state index contributed by atoms with van der Waals surface area (Å²) in [4.78, 5) is 16.4. The second-order valence-corrected chi connectivity index (χ2v) is 7.09. The number of benzene rings is 2. The molecule has 0 unspecified atom stereocenters. The Kier molecular flexibility index (Phi) is 4.29. The quantitative estimate of drug-likeness (QED) is 0.571. The van der Waals surface area contributed by atoms with Gasteiger partial charge in [0.25, 0.3) is 0 Å². The molecule has 2 aromatic rings. The summed E-state index contributed by atoms with van der Waals surface area (Å²) in [5.41, 5.74) is 3.04. The Morgan fingerprint density at radius 2 is 1.71 bits per heavy atom. The summed E-state index contributed by atoms with van der Waals surface area (Å²) in [6.07, 6.45) is 1.64. The van der Waals surface area contributed by atoms with E-state index in [4.69, 9.17) is 16.3 Å². The van der Waals surface area contributed by atoms with Crippen molar-refractivity contribution in [1.29, 1.82) is 0 Å². The van der Waals surface area contributed by atoms with Crippen LogP contribution in [0.5, 0.6) is 0 Å². The number of esters is 1. The first-order valence-corrected chi connectivity index (χ1v) is 8.10. The van der Waals surface area contributed by atoms with Crippen LogP contribution >= 0.6 is 11.6 Å². The maximum absolute atomic E-state index is 12.1. The standard InChI is InChI=1S/C20H18ClNO2/c1-20(2,3)15-10-8-13(9-11-15)18-22-17(19(23)24-18)12-14-6-4-5-7-16(14)21/h4-12H,1-3H3/b17-12-. The van der Waals surface area contributed by atoms with E-state index in [-0.39, 0.29) is 11.1 Å². The van der Waals surface area contributed by atoms with Crippen molar-refractivity contribution in [2.45, 2.75) is 26.2 Å². The first-order chi connectivity index (χ1) is 11.3. The lowest BCUT2D eigenvalue weighted by Gasteiger charge is -2.18. The summed E-state index contributed by atoms with van der Waals surface area (Å²) >= 11 is 6.12. The Morgan fingerprint density at radius 3 is 2.33 bits per heavy atom. The van der Waals surface area contributed by atoms with Crippen LogP contribution in [0.15, 0.2) is 59.2 Å². The Balaban J connectivity index is 1.91. The lowest BCUT2D eigenvalue weighted by atomic mass is 9.87. The molecule has 1 aliphatic heterocycles. The predicted molar refractivity (Wildman–Crippen MR) is 97.2 cm³/mol. The highest BCUT2D eigenvalue weighted by Crippen LogP contribution is 2.25. The highest BCUT2D eigenvalue weighted by Gasteiger charge is 2.24. The minimum Gasteiger partial charge on any atom is -0.402 e. The molecule has 4 heteroatoms. The zero-order valence-electron chi connectivity index (χ0n) is 13.8. The molecule has 1 heterocycles. The summed E-state index contributed by atoms with van der Waals surface area (Å²) in [5.74, 6) is -0.149. The van der Waals surface area contributed by atoms with E-state index in [1.54, 1.807) is 12.1 Å². The summed E-state index contributed by atoms with van der Waals surface area (Å²) < 4.78 is 5.30. The third-order valence-corrected chi connectivity index (χ3v) is 4.16. The van der Waals surface area contributed by atoms with Gasteiger partial charge in [-0.3, -0.25) is 0 Å². The monoisotopic (exact) mass is 339 g/mol. The van der Waals surface area contributed by atoms with Crippen LogP contribution in [0.3, 0.4) is 0 Å². The van der Waals surface area contributed by atoms with Crippen LogP contribution in [-0.4, -0.2) is 11.9 Å². The van der Waals surface area contributed by atoms with Crippen molar-refractivity contribution >= 4 is 29.5 Å². The molecule has 0 saturated carbocycles. The molecule has 1 aliphatic rings. The predicted octanol–water partition coefficient (Wildman–Crippen LogP) is 4.98. The lowest BCUT2D eigenvalue weighted by Crippen LogP contribution is -2.11. The molecule has 0 spiro atoms. The van der Waals surface area contributed by atoms with Gasteiger partial charge in [0.15, 0.2) is 5.70 Å². The number of ether oxygens (including phenoxy) is 1. The molecule has 24 heavy (non-hydrogen) atoms. The highest BCUT2D eigenvalue weighted by molar-refractivity contribution is 6.32. The lowest BCUT2D eigenvalue weighted by molar-refractivity contribution is -0.129. The van der Waals surface area contributed by atoms with Crippen LogP contribution in [0, 0.1) is 0 Å². The van der Waals surface area contributed by atoms with Gasteiger partial charge >= 0.3 is 5.97 Å². The largest absolute Gasteiger partial charge is 0.402 e. The molecule has 3 rings (SSSR count). The van der Waals surface area contributed by atoms with Crippen LogP contribution in [0.25, 0.3) is 6.08 Å². The summed E-state index contributed by atoms with van der Waals surface area (Å²) in [5, 5.41) is 0.566. The first-order valence-electron chi connectivity index (χ1n) is 7.72. The van der Waals surface area contributed by atoms with Crippen molar-refractivity contribution in [2.75, 3.05) is 0 Å². The Hall–Kier alpha value is -2.39. The summed E-state index contributed by atoms with van der Waals surface area (Å²) in [6.45, 7) is 6.46. The van der Waals surface area contributed by atoms with Crippen LogP contribution < -0.4 is 0 Å². The van der Waals surface area contributed by atoms with E-state index in [2.05, 4.69) is 25.8 Å². The molecule has 0 N–H and O–H groups in total. The fourth-order valence-corrected chi connectivity index (χ4v) is 2.58. The van der Waals surface area contributed by atoms with Crippen LogP contribution in [0.1, 0.15) is 37.5 Å². The second kappa shape index (κ2) is 6.25. The van der Waals surface area contributed by atoms with Crippen molar-refractivity contribution in [3.63, 3.8) is 0 Å². The summed E-state index contributed by atoms with van der Waals surface area (Å²) in [7, 11) is 0. The van der Waals surface area contributed by atoms with E-state index in [0.29, 0.717) is 10.9 Å². The van der Waals surface area contributed by atoms with Gasteiger partial charge in [-0.25, -0.2) is 9.79 Å². The molecule has 0 radical (unpaired) electrons. The Bertz CT molecular complexity index is 843. The van der Waals surface area contributed by atoms with Gasteiger partial charge in [-0.2, -0.15) is 0 Å². The van der Waals surface area contributed by atoms with E-state index in [0.717, 1.165) is 11.1 Å². The maximum Gasteiger partial charge on any atom is 0.363 e. The first kappa shape index (κ1) is 16.5. The second-order valence-electron chi connectivity index (χ2n) is 6.68. The molecule has 0 aliphatic carbocycles. The van der Waals surface area contributed by atoms with E-state index < -0.39 is 5.97 Å². The van der Waals surface area contributed by atoms with Crippen LogP contribution in [-0.2, 0) is 14.9 Å². The molecule has 0 aromatic heterocycles. The van der Waals surface area contributed by atoms with E-state index in [1.807, 2.05) is 42.5 Å². The SMILES string of the molecule is CC(C)(C)c1ccc(C2=N/C(=C\c3ccccc3Cl)C(=O)O2)cc1. The molecule has 122 valence electrons. The Morgan fingerprint density at radius 1 is 1.04 bits per heavy atom. The van der Waals surface area contributed by atoms with Gasteiger partial charge < -0.3 is 4.74 Å². The molecule has 3 nitrogen and oxygen atoms in total. The van der Waals surface area contributed by atoms with Gasteiger partial charge in [-0.1, -0.05) is 62.7 Å². The van der Waals surface area contributed by atoms with Crippen molar-refractivity contribution < 1.29 is 9.53 Å². The summed E-state index contributed by atoms with van der Waals surface area (Å²) in [6, 6.07) is 15.2. The zero-order valence-corrected chi connectivity index (χ0v) is 14.6. The van der Waals surface area contributed by atoms with Crippen molar-refractivity contribution in [3.8, 4) is 0 Å². The number of hydrogen-bond donors (Lipinski definition) is 0. The smallest absolute Gasteiger partial charge is 0.363 e. The number of cyclic esters (lactones) is 1. The zero-order chi connectivity index (χ0) is 17.3. The maximum atomic E-state index is 12.1. The van der Waals surface area contributed by atoms with E-state index >= 15 is 0 Å². The molecule has 0 fully saturated rings. The molecule has 0 bridgehead atoms.